The molecule has 0 saturated carbocycles. The number of hydrogen-bond donors (Lipinski definition) is 2. The summed E-state index contributed by atoms with van der Waals surface area (Å²) in [4.78, 5) is 34.1. The van der Waals surface area contributed by atoms with E-state index in [0.29, 0.717) is 10.1 Å². The second-order valence-corrected chi connectivity index (χ2v) is 5.80. The van der Waals surface area contributed by atoms with E-state index in [1.54, 1.807) is 6.92 Å². The average Bonchev–Trinajstić information content (AvgIpc) is 2.92. The number of carbonyl (C=O) groups excluding carboxylic acids is 2. The molecule has 1 unspecified atom stereocenters. The highest BCUT2D eigenvalue weighted by Crippen LogP contribution is 2.15. The van der Waals surface area contributed by atoms with E-state index in [1.165, 1.54) is 36.5 Å². The highest BCUT2D eigenvalue weighted by atomic mass is 32.1. The molecule has 1 heterocycles. The molecule has 0 fully saturated rings. The normalized spacial score (nSPS) is 11.6. The van der Waals surface area contributed by atoms with Crippen LogP contribution in [0.4, 0.5) is 10.8 Å². The number of non-ortho nitro benzene ring substituents is 1. The fourth-order valence-corrected chi connectivity index (χ4v) is 2.26. The molecule has 0 aliphatic rings. The van der Waals surface area contributed by atoms with Crippen LogP contribution >= 0.6 is 11.3 Å². The number of nitrogens with one attached hydrogen (secondary N) is 2. The predicted octanol–water partition coefficient (Wildman–Crippen LogP) is 1.51. The van der Waals surface area contributed by atoms with Crippen LogP contribution in [0.1, 0.15) is 22.3 Å². The molecule has 1 aromatic heterocycles. The molecule has 2 N–H and O–H groups in total. The molecule has 0 saturated heterocycles. The fourth-order valence-electron chi connectivity index (χ4n) is 1.67. The number of carbonyl (C=O) groups is 2. The lowest BCUT2D eigenvalue weighted by Crippen LogP contribution is -2.41. The van der Waals surface area contributed by atoms with E-state index < -0.39 is 22.8 Å². The number of nitrogens with zero attached hydrogens (tertiary/aromatic N) is 3. The summed E-state index contributed by atoms with van der Waals surface area (Å²) in [6, 6.07) is 4.42. The summed E-state index contributed by atoms with van der Waals surface area (Å²) in [5, 5.41) is 24.3. The van der Waals surface area contributed by atoms with Crippen molar-refractivity contribution in [3.63, 3.8) is 0 Å². The van der Waals surface area contributed by atoms with Crippen molar-refractivity contribution in [2.75, 3.05) is 5.32 Å². The van der Waals surface area contributed by atoms with Crippen molar-refractivity contribution in [3.8, 4) is 0 Å². The minimum absolute atomic E-state index is 0.102. The number of benzene rings is 1. The number of rotatable bonds is 5. The van der Waals surface area contributed by atoms with Crippen LogP contribution in [0.15, 0.2) is 24.3 Å². The molecule has 1 aromatic carbocycles. The summed E-state index contributed by atoms with van der Waals surface area (Å²) >= 11 is 1.21. The van der Waals surface area contributed by atoms with Gasteiger partial charge in [-0.05, 0) is 19.9 Å². The zero-order valence-corrected chi connectivity index (χ0v) is 13.1. The zero-order chi connectivity index (χ0) is 17.0. The smallest absolute Gasteiger partial charge is 0.270 e. The van der Waals surface area contributed by atoms with E-state index in [9.17, 15) is 19.7 Å². The van der Waals surface area contributed by atoms with Crippen LogP contribution in [0.25, 0.3) is 0 Å². The molecule has 0 radical (unpaired) electrons. The Balaban J connectivity index is 2.00. The van der Waals surface area contributed by atoms with Gasteiger partial charge in [0.05, 0.1) is 4.92 Å². The number of hydrogen-bond acceptors (Lipinski definition) is 7. The lowest BCUT2D eigenvalue weighted by Gasteiger charge is -2.12. The van der Waals surface area contributed by atoms with Crippen molar-refractivity contribution < 1.29 is 14.5 Å². The summed E-state index contributed by atoms with van der Waals surface area (Å²) in [5.74, 6) is -1.04. The zero-order valence-electron chi connectivity index (χ0n) is 12.3. The maximum atomic E-state index is 12.1. The number of nitro groups is 1. The maximum absolute atomic E-state index is 12.1. The monoisotopic (exact) mass is 335 g/mol. The first-order valence-corrected chi connectivity index (χ1v) is 7.35. The van der Waals surface area contributed by atoms with Gasteiger partial charge < -0.3 is 5.32 Å². The minimum atomic E-state index is -0.842. The number of aryl methyl sites for hydroxylation is 1. The molecule has 0 aliphatic carbocycles. The van der Waals surface area contributed by atoms with Crippen molar-refractivity contribution in [3.05, 3.63) is 45.0 Å². The number of nitro benzene ring substituents is 1. The Morgan fingerprint density at radius 1 is 1.35 bits per heavy atom. The predicted molar refractivity (Wildman–Crippen MR) is 83.3 cm³/mol. The van der Waals surface area contributed by atoms with Crippen molar-refractivity contribution >= 4 is 34.0 Å². The van der Waals surface area contributed by atoms with Crippen molar-refractivity contribution in [2.45, 2.75) is 19.9 Å². The van der Waals surface area contributed by atoms with E-state index >= 15 is 0 Å². The number of amides is 2. The Kier molecular flexibility index (Phi) is 4.96. The molecule has 2 aromatic rings. The highest BCUT2D eigenvalue weighted by molar-refractivity contribution is 7.15. The van der Waals surface area contributed by atoms with Gasteiger partial charge in [-0.15, -0.1) is 10.2 Å². The standard InChI is InChI=1S/C13H13N5O4S/c1-7(11(19)15-13-17-16-8(2)23-13)14-12(20)9-4-3-5-10(6-9)18(21)22/h3-7H,1-2H3,(H,14,20)(H,15,17,19). The molecule has 2 rings (SSSR count). The van der Waals surface area contributed by atoms with Crippen LogP contribution in [0, 0.1) is 17.0 Å². The molecular formula is C13H13N5O4S. The van der Waals surface area contributed by atoms with Gasteiger partial charge in [0, 0.05) is 17.7 Å². The second kappa shape index (κ2) is 6.92. The van der Waals surface area contributed by atoms with Gasteiger partial charge in [0.25, 0.3) is 11.6 Å². The van der Waals surface area contributed by atoms with Crippen LogP contribution in [-0.4, -0.2) is 33.0 Å². The molecule has 1 atom stereocenters. The van der Waals surface area contributed by atoms with Gasteiger partial charge in [-0.25, -0.2) is 0 Å². The lowest BCUT2D eigenvalue weighted by atomic mass is 10.1. The Hall–Kier alpha value is -2.88. The second-order valence-electron chi connectivity index (χ2n) is 4.62. The van der Waals surface area contributed by atoms with Gasteiger partial charge in [-0.2, -0.15) is 0 Å². The summed E-state index contributed by atoms with van der Waals surface area (Å²) in [6.07, 6.45) is 0. The van der Waals surface area contributed by atoms with E-state index in [4.69, 9.17) is 0 Å². The van der Waals surface area contributed by atoms with Gasteiger partial charge in [0.2, 0.25) is 11.0 Å². The van der Waals surface area contributed by atoms with E-state index in [-0.39, 0.29) is 11.3 Å². The molecule has 120 valence electrons. The first kappa shape index (κ1) is 16.5. The SMILES string of the molecule is Cc1nnc(NC(=O)C(C)NC(=O)c2cccc([N+](=O)[O-])c2)s1. The molecule has 0 aliphatic heterocycles. The molecule has 0 bridgehead atoms. The topological polar surface area (TPSA) is 127 Å². The van der Waals surface area contributed by atoms with Crippen LogP contribution in [-0.2, 0) is 4.79 Å². The molecular weight excluding hydrogens is 322 g/mol. The third kappa shape index (κ3) is 4.30. The van der Waals surface area contributed by atoms with E-state index in [0.717, 1.165) is 6.07 Å². The third-order valence-electron chi connectivity index (χ3n) is 2.82. The Morgan fingerprint density at radius 3 is 2.70 bits per heavy atom. The molecule has 2 amide bonds. The largest absolute Gasteiger partial charge is 0.341 e. The van der Waals surface area contributed by atoms with E-state index in [1.807, 2.05) is 0 Å². The Labute approximate surface area is 134 Å². The summed E-state index contributed by atoms with van der Waals surface area (Å²) < 4.78 is 0. The summed E-state index contributed by atoms with van der Waals surface area (Å²) in [5.41, 5.74) is -0.0929. The maximum Gasteiger partial charge on any atom is 0.270 e. The Morgan fingerprint density at radius 2 is 2.09 bits per heavy atom. The van der Waals surface area contributed by atoms with Crippen molar-refractivity contribution in [2.24, 2.45) is 0 Å². The summed E-state index contributed by atoms with van der Waals surface area (Å²) in [7, 11) is 0. The van der Waals surface area contributed by atoms with Gasteiger partial charge in [0.15, 0.2) is 0 Å². The highest BCUT2D eigenvalue weighted by Gasteiger charge is 2.19. The molecule has 9 nitrogen and oxygen atoms in total. The van der Waals surface area contributed by atoms with Crippen molar-refractivity contribution in [1.82, 2.24) is 15.5 Å². The Bertz CT molecular complexity index is 760. The third-order valence-corrected chi connectivity index (χ3v) is 3.57. The summed E-state index contributed by atoms with van der Waals surface area (Å²) in [6.45, 7) is 3.25. The van der Waals surface area contributed by atoms with Crippen LogP contribution < -0.4 is 10.6 Å². The van der Waals surface area contributed by atoms with Crippen LogP contribution in [0.2, 0.25) is 0 Å². The van der Waals surface area contributed by atoms with Crippen LogP contribution in [0.3, 0.4) is 0 Å². The lowest BCUT2D eigenvalue weighted by molar-refractivity contribution is -0.384. The van der Waals surface area contributed by atoms with Gasteiger partial charge in [0.1, 0.15) is 11.0 Å². The minimum Gasteiger partial charge on any atom is -0.341 e. The molecule has 23 heavy (non-hydrogen) atoms. The fraction of sp³-hybridized carbons (Fsp3) is 0.231. The molecule has 10 heteroatoms. The van der Waals surface area contributed by atoms with Gasteiger partial charge >= 0.3 is 0 Å². The van der Waals surface area contributed by atoms with Gasteiger partial charge in [-0.3, -0.25) is 25.0 Å². The quantitative estimate of drug-likeness (QED) is 0.630. The van der Waals surface area contributed by atoms with E-state index in [2.05, 4.69) is 20.8 Å². The first-order chi connectivity index (χ1) is 10.9. The average molecular weight is 335 g/mol. The van der Waals surface area contributed by atoms with Crippen LogP contribution in [0.5, 0.6) is 0 Å². The first-order valence-electron chi connectivity index (χ1n) is 6.53. The number of aromatic nitrogens is 2. The van der Waals surface area contributed by atoms with Gasteiger partial charge in [-0.1, -0.05) is 17.4 Å². The van der Waals surface area contributed by atoms with Crippen molar-refractivity contribution in [1.29, 1.82) is 0 Å². The molecule has 0 spiro atoms. The number of anilines is 1.